The molecule has 3 aromatic rings. The number of aryl methyl sites for hydroxylation is 2. The van der Waals surface area contributed by atoms with E-state index in [9.17, 15) is 0 Å². The first kappa shape index (κ1) is 12.2. The predicted molar refractivity (Wildman–Crippen MR) is 88.5 cm³/mol. The van der Waals surface area contributed by atoms with E-state index in [2.05, 4.69) is 83.8 Å². The van der Waals surface area contributed by atoms with E-state index in [1.807, 2.05) is 0 Å². The van der Waals surface area contributed by atoms with Crippen molar-refractivity contribution in [3.05, 3.63) is 90.0 Å². The Hall–Kier alpha value is -2.54. The molecule has 21 heavy (non-hydrogen) atoms. The maximum atomic E-state index is 2.30. The average molecular weight is 271 g/mol. The number of hydrogen-bond acceptors (Lipinski definition) is 1. The van der Waals surface area contributed by atoms with Gasteiger partial charge in [-0.25, -0.2) is 0 Å². The van der Waals surface area contributed by atoms with Gasteiger partial charge in [-0.15, -0.1) is 0 Å². The Kier molecular flexibility index (Phi) is 2.97. The molecule has 102 valence electrons. The minimum Gasteiger partial charge on any atom is -0.311 e. The highest BCUT2D eigenvalue weighted by Crippen LogP contribution is 2.35. The molecule has 0 aromatic heterocycles. The molecule has 0 aliphatic carbocycles. The van der Waals surface area contributed by atoms with Crippen molar-refractivity contribution in [2.45, 2.75) is 12.8 Å². The predicted octanol–water partition coefficient (Wildman–Crippen LogP) is 5.26. The third-order valence-electron chi connectivity index (χ3n) is 4.11. The summed E-state index contributed by atoms with van der Waals surface area (Å²) in [7, 11) is 0. The van der Waals surface area contributed by atoms with E-state index in [1.165, 1.54) is 28.2 Å². The maximum absolute atomic E-state index is 2.30. The smallest absolute Gasteiger partial charge is 0.0461 e. The van der Waals surface area contributed by atoms with Crippen LogP contribution >= 0.6 is 0 Å². The molecule has 0 unspecified atom stereocenters. The normalized spacial score (nSPS) is 13.2. The molecule has 0 N–H and O–H groups in total. The van der Waals surface area contributed by atoms with Crippen molar-refractivity contribution in [1.82, 2.24) is 0 Å². The van der Waals surface area contributed by atoms with Crippen LogP contribution < -0.4 is 4.90 Å². The zero-order valence-corrected chi connectivity index (χ0v) is 11.9. The molecule has 3 aromatic carbocycles. The summed E-state index contributed by atoms with van der Waals surface area (Å²) in [6.45, 7) is 0. The molecule has 4 aliphatic rings. The Morgan fingerprint density at radius 1 is 0.476 bits per heavy atom. The third-order valence-corrected chi connectivity index (χ3v) is 4.11. The molecular formula is C20H17N. The monoisotopic (exact) mass is 271 g/mol. The van der Waals surface area contributed by atoms with Gasteiger partial charge in [-0.2, -0.15) is 0 Å². The van der Waals surface area contributed by atoms with Crippen LogP contribution in [0.1, 0.15) is 11.1 Å². The van der Waals surface area contributed by atoms with Crippen LogP contribution in [0, 0.1) is 0 Å². The molecule has 1 heteroatoms. The van der Waals surface area contributed by atoms with E-state index in [-0.39, 0.29) is 0 Å². The summed E-state index contributed by atoms with van der Waals surface area (Å²) in [4.78, 5) is 2.30. The molecule has 4 heterocycles. The van der Waals surface area contributed by atoms with Crippen LogP contribution in [0.3, 0.4) is 0 Å². The Bertz CT molecular complexity index is 680. The van der Waals surface area contributed by atoms with Gasteiger partial charge in [0.2, 0.25) is 0 Å². The van der Waals surface area contributed by atoms with Crippen LogP contribution in [0.25, 0.3) is 0 Å². The minimum atomic E-state index is 1.10. The Labute approximate surface area is 125 Å². The van der Waals surface area contributed by atoms with Gasteiger partial charge in [0.1, 0.15) is 0 Å². The van der Waals surface area contributed by atoms with Crippen molar-refractivity contribution in [3.8, 4) is 0 Å². The summed E-state index contributed by atoms with van der Waals surface area (Å²) in [5.74, 6) is 0. The van der Waals surface area contributed by atoms with Crippen molar-refractivity contribution in [2.75, 3.05) is 4.90 Å². The fourth-order valence-electron chi connectivity index (χ4n) is 2.94. The molecule has 0 amide bonds. The molecule has 1 nitrogen and oxygen atoms in total. The lowest BCUT2D eigenvalue weighted by atomic mass is 10.0. The summed E-state index contributed by atoms with van der Waals surface area (Å²) in [6, 6.07) is 28.4. The topological polar surface area (TPSA) is 3.24 Å². The zero-order valence-electron chi connectivity index (χ0n) is 11.9. The van der Waals surface area contributed by atoms with Gasteiger partial charge in [-0.1, -0.05) is 42.5 Å². The second-order valence-electron chi connectivity index (χ2n) is 5.50. The summed E-state index contributed by atoms with van der Waals surface area (Å²) in [5.41, 5.74) is 6.41. The SMILES string of the molecule is c1ccc(N2c3ccc(cc3)CCc3ccc2cc3)cc1. The lowest BCUT2D eigenvalue weighted by Crippen LogP contribution is -2.09. The van der Waals surface area contributed by atoms with Crippen molar-refractivity contribution in [1.29, 1.82) is 0 Å². The first-order valence-electron chi connectivity index (χ1n) is 7.43. The first-order chi connectivity index (χ1) is 10.4. The van der Waals surface area contributed by atoms with Crippen LogP contribution in [0.15, 0.2) is 78.9 Å². The standard InChI is InChI=1S/C20H17N/c1-2-4-18(5-3-1)21-19-12-8-16(9-13-19)6-7-17-10-14-20(21)15-11-17/h1-5,8-15H,6-7H2. The van der Waals surface area contributed by atoms with Gasteiger partial charge in [0.05, 0.1) is 0 Å². The molecule has 0 spiro atoms. The Morgan fingerprint density at radius 2 is 0.905 bits per heavy atom. The summed E-state index contributed by atoms with van der Waals surface area (Å²) >= 11 is 0. The highest BCUT2D eigenvalue weighted by atomic mass is 15.1. The van der Waals surface area contributed by atoms with Crippen molar-refractivity contribution >= 4 is 17.1 Å². The first-order valence-corrected chi connectivity index (χ1v) is 7.43. The van der Waals surface area contributed by atoms with Gasteiger partial charge in [-0.05, 0) is 60.4 Å². The molecule has 4 aliphatic heterocycles. The minimum absolute atomic E-state index is 1.10. The lowest BCUT2D eigenvalue weighted by Gasteiger charge is -2.25. The molecule has 0 atom stereocenters. The molecule has 0 radical (unpaired) electrons. The van der Waals surface area contributed by atoms with Gasteiger partial charge in [-0.3, -0.25) is 0 Å². The average Bonchev–Trinajstić information content (AvgIpc) is 2.65. The quantitative estimate of drug-likeness (QED) is 0.584. The number of para-hydroxylation sites is 1. The second-order valence-corrected chi connectivity index (χ2v) is 5.50. The number of anilines is 3. The van der Waals surface area contributed by atoms with E-state index >= 15 is 0 Å². The van der Waals surface area contributed by atoms with Crippen LogP contribution in [-0.2, 0) is 12.8 Å². The Balaban J connectivity index is 1.93. The molecule has 0 saturated carbocycles. The summed E-state index contributed by atoms with van der Waals surface area (Å²) < 4.78 is 0. The van der Waals surface area contributed by atoms with Crippen molar-refractivity contribution < 1.29 is 0 Å². The highest BCUT2D eigenvalue weighted by Gasteiger charge is 2.13. The van der Waals surface area contributed by atoms with Gasteiger partial charge in [0.25, 0.3) is 0 Å². The molecule has 0 fully saturated rings. The maximum Gasteiger partial charge on any atom is 0.0461 e. The second kappa shape index (κ2) is 5.10. The zero-order chi connectivity index (χ0) is 14.1. The highest BCUT2D eigenvalue weighted by molar-refractivity contribution is 5.76. The Morgan fingerprint density at radius 3 is 1.38 bits per heavy atom. The van der Waals surface area contributed by atoms with Crippen LogP contribution in [0.2, 0.25) is 0 Å². The van der Waals surface area contributed by atoms with Crippen molar-refractivity contribution in [2.24, 2.45) is 0 Å². The van der Waals surface area contributed by atoms with Crippen LogP contribution in [0.4, 0.5) is 17.1 Å². The molecule has 4 bridgehead atoms. The molecule has 7 rings (SSSR count). The number of nitrogens with zero attached hydrogens (tertiary/aromatic N) is 1. The number of benzene rings is 3. The number of hydrogen-bond donors (Lipinski definition) is 0. The fraction of sp³-hybridized carbons (Fsp3) is 0.100. The van der Waals surface area contributed by atoms with E-state index in [4.69, 9.17) is 0 Å². The van der Waals surface area contributed by atoms with Crippen molar-refractivity contribution in [3.63, 3.8) is 0 Å². The van der Waals surface area contributed by atoms with E-state index < -0.39 is 0 Å². The molecular weight excluding hydrogens is 254 g/mol. The summed E-state index contributed by atoms with van der Waals surface area (Å²) in [6.07, 6.45) is 2.20. The largest absolute Gasteiger partial charge is 0.311 e. The fourth-order valence-corrected chi connectivity index (χ4v) is 2.94. The third kappa shape index (κ3) is 2.31. The van der Waals surface area contributed by atoms with E-state index in [1.54, 1.807) is 0 Å². The summed E-state index contributed by atoms with van der Waals surface area (Å²) in [5, 5.41) is 0. The van der Waals surface area contributed by atoms with Crippen LogP contribution in [-0.4, -0.2) is 0 Å². The van der Waals surface area contributed by atoms with Gasteiger partial charge in [0, 0.05) is 17.1 Å². The van der Waals surface area contributed by atoms with Crippen LogP contribution in [0.5, 0.6) is 0 Å². The van der Waals surface area contributed by atoms with Gasteiger partial charge >= 0.3 is 0 Å². The molecule has 0 saturated heterocycles. The lowest BCUT2D eigenvalue weighted by molar-refractivity contribution is 0.962. The van der Waals surface area contributed by atoms with Gasteiger partial charge < -0.3 is 4.90 Å². The van der Waals surface area contributed by atoms with Gasteiger partial charge in [0.15, 0.2) is 0 Å². The number of rotatable bonds is 1. The van der Waals surface area contributed by atoms with E-state index in [0.29, 0.717) is 0 Å². The van der Waals surface area contributed by atoms with E-state index in [0.717, 1.165) is 12.8 Å².